The number of hydrogen-bond donors (Lipinski definition) is 0. The molecular weight excluding hydrogens is 845 g/mol. The van der Waals surface area contributed by atoms with Crippen LogP contribution in [0.4, 0.5) is 17.1 Å². The third kappa shape index (κ3) is 7.00. The van der Waals surface area contributed by atoms with E-state index in [4.69, 9.17) is 4.98 Å². The number of hydrogen-bond acceptors (Lipinski definition) is 2. The number of fused-ring (bicyclic) bond motifs is 5. The Hall–Kier alpha value is -9.11. The van der Waals surface area contributed by atoms with Gasteiger partial charge in [-0.05, 0) is 127 Å². The quantitative estimate of drug-likeness (QED) is 0.144. The maximum absolute atomic E-state index is 5.38. The lowest BCUT2D eigenvalue weighted by molar-refractivity contribution is 0.768. The molecule has 11 aromatic carbocycles. The summed E-state index contributed by atoms with van der Waals surface area (Å²) >= 11 is 0. The van der Waals surface area contributed by atoms with Gasteiger partial charge in [0.2, 0.25) is 0 Å². The average molecular weight is 891 g/mol. The van der Waals surface area contributed by atoms with Crippen molar-refractivity contribution in [2.24, 2.45) is 0 Å². The third-order valence-corrected chi connectivity index (χ3v) is 14.3. The van der Waals surface area contributed by atoms with Gasteiger partial charge in [-0.15, -0.1) is 0 Å². The van der Waals surface area contributed by atoms with E-state index >= 15 is 0 Å². The van der Waals surface area contributed by atoms with E-state index in [1.54, 1.807) is 0 Å². The zero-order chi connectivity index (χ0) is 46.4. The van der Waals surface area contributed by atoms with E-state index in [9.17, 15) is 0 Å². The molecular formula is C68H46N2. The first-order valence-corrected chi connectivity index (χ1v) is 24.1. The summed E-state index contributed by atoms with van der Waals surface area (Å²) in [5.74, 6) is 0. The van der Waals surface area contributed by atoms with Crippen molar-refractivity contribution in [2.75, 3.05) is 4.90 Å². The van der Waals surface area contributed by atoms with Crippen LogP contribution in [-0.4, -0.2) is 4.98 Å². The zero-order valence-electron chi connectivity index (χ0n) is 38.5. The maximum atomic E-state index is 5.38. The number of anilines is 3. The molecule has 328 valence electrons. The van der Waals surface area contributed by atoms with E-state index in [-0.39, 0.29) is 0 Å². The number of aromatic nitrogens is 1. The lowest BCUT2D eigenvalue weighted by atomic mass is 9.67. The predicted octanol–water partition coefficient (Wildman–Crippen LogP) is 17.9. The van der Waals surface area contributed by atoms with Crippen LogP contribution in [0.25, 0.3) is 77.4 Å². The fourth-order valence-corrected chi connectivity index (χ4v) is 11.0. The van der Waals surface area contributed by atoms with E-state index in [1.807, 2.05) is 0 Å². The molecule has 0 unspecified atom stereocenters. The molecule has 2 heteroatoms. The van der Waals surface area contributed by atoms with Crippen LogP contribution in [0.5, 0.6) is 0 Å². The molecule has 0 saturated carbocycles. The first-order chi connectivity index (χ1) is 34.7. The van der Waals surface area contributed by atoms with Crippen molar-refractivity contribution in [3.63, 3.8) is 0 Å². The molecule has 0 radical (unpaired) electrons. The molecule has 1 aliphatic carbocycles. The standard InChI is InChI=1S/C68H46N2/c1-4-16-47(17-5-1)49-34-38-58(39-35-49)70(60-42-43-62-61-25-13-14-26-64(61)68(65(62)46-60,56-21-6-2-7-22-56)57-23-8-3-9-24-57)59-40-36-52(37-41-59)67-63(45-55-20-12-15-27-66(55)69-67)51-31-28-50(29-32-51)54-33-30-48-18-10-11-19-53(48)44-54/h1-46H. The van der Waals surface area contributed by atoms with Gasteiger partial charge < -0.3 is 4.90 Å². The second-order valence-corrected chi connectivity index (χ2v) is 18.3. The predicted molar refractivity (Wildman–Crippen MR) is 293 cm³/mol. The Morgan fingerprint density at radius 2 is 0.757 bits per heavy atom. The van der Waals surface area contributed by atoms with Gasteiger partial charge in [-0.2, -0.15) is 0 Å². The molecule has 0 atom stereocenters. The fraction of sp³-hybridized carbons (Fsp3) is 0.0147. The minimum atomic E-state index is -0.525. The van der Waals surface area contributed by atoms with Gasteiger partial charge in [0, 0.05) is 33.6 Å². The van der Waals surface area contributed by atoms with E-state index < -0.39 is 5.41 Å². The van der Waals surface area contributed by atoms with Gasteiger partial charge in [0.15, 0.2) is 0 Å². The summed E-state index contributed by atoms with van der Waals surface area (Å²) in [6.45, 7) is 0. The van der Waals surface area contributed by atoms with Crippen molar-refractivity contribution < 1.29 is 0 Å². The molecule has 1 aromatic heterocycles. The van der Waals surface area contributed by atoms with Crippen LogP contribution in [0.2, 0.25) is 0 Å². The molecule has 0 aliphatic heterocycles. The van der Waals surface area contributed by atoms with Crippen molar-refractivity contribution in [3.05, 3.63) is 301 Å². The van der Waals surface area contributed by atoms with Gasteiger partial charge in [-0.1, -0.05) is 224 Å². The number of pyridine rings is 1. The van der Waals surface area contributed by atoms with Gasteiger partial charge >= 0.3 is 0 Å². The largest absolute Gasteiger partial charge is 0.310 e. The number of benzene rings is 11. The van der Waals surface area contributed by atoms with Gasteiger partial charge in [-0.25, -0.2) is 4.98 Å². The third-order valence-electron chi connectivity index (χ3n) is 14.3. The van der Waals surface area contributed by atoms with Gasteiger partial charge in [0.25, 0.3) is 0 Å². The van der Waals surface area contributed by atoms with Crippen LogP contribution >= 0.6 is 0 Å². The summed E-state index contributed by atoms with van der Waals surface area (Å²) in [6.07, 6.45) is 0. The minimum Gasteiger partial charge on any atom is -0.310 e. The molecule has 12 aromatic rings. The highest BCUT2D eigenvalue weighted by atomic mass is 15.1. The summed E-state index contributed by atoms with van der Waals surface area (Å²) in [5.41, 5.74) is 20.2. The molecule has 70 heavy (non-hydrogen) atoms. The number of nitrogens with zero attached hydrogens (tertiary/aromatic N) is 2. The van der Waals surface area contributed by atoms with Crippen LogP contribution in [0.1, 0.15) is 22.3 Å². The molecule has 2 nitrogen and oxygen atoms in total. The molecule has 0 amide bonds. The Morgan fingerprint density at radius 1 is 0.271 bits per heavy atom. The minimum absolute atomic E-state index is 0.525. The summed E-state index contributed by atoms with van der Waals surface area (Å²) in [7, 11) is 0. The Balaban J connectivity index is 0.947. The fourth-order valence-electron chi connectivity index (χ4n) is 11.0. The summed E-state index contributed by atoms with van der Waals surface area (Å²) < 4.78 is 0. The van der Waals surface area contributed by atoms with E-state index in [1.165, 1.54) is 66.4 Å². The maximum Gasteiger partial charge on any atom is 0.0788 e. The second-order valence-electron chi connectivity index (χ2n) is 18.3. The molecule has 0 bridgehead atoms. The van der Waals surface area contributed by atoms with Crippen LogP contribution in [0.3, 0.4) is 0 Å². The van der Waals surface area contributed by atoms with Crippen LogP contribution in [0.15, 0.2) is 279 Å². The van der Waals surface area contributed by atoms with E-state index in [0.29, 0.717) is 0 Å². The van der Waals surface area contributed by atoms with Crippen LogP contribution < -0.4 is 4.90 Å². The lowest BCUT2D eigenvalue weighted by Gasteiger charge is -2.35. The Kier molecular flexibility index (Phi) is 10.1. The highest BCUT2D eigenvalue weighted by Crippen LogP contribution is 2.57. The number of para-hydroxylation sites is 1. The Labute approximate surface area is 409 Å². The molecule has 0 spiro atoms. The molecule has 13 rings (SSSR count). The van der Waals surface area contributed by atoms with Gasteiger partial charge in [-0.3, -0.25) is 0 Å². The SMILES string of the molecule is c1ccc(-c2ccc(N(c3ccc(-c4nc5ccccc5cc4-c4ccc(-c5ccc6ccccc6c5)cc4)cc3)c3ccc4c(c3)C(c3ccccc3)(c3ccccc3)c3ccccc3-4)cc2)cc1. The van der Waals surface area contributed by atoms with Crippen molar-refractivity contribution in [3.8, 4) is 55.8 Å². The Morgan fingerprint density at radius 3 is 1.46 bits per heavy atom. The van der Waals surface area contributed by atoms with Crippen LogP contribution in [0, 0.1) is 0 Å². The topological polar surface area (TPSA) is 16.1 Å². The lowest BCUT2D eigenvalue weighted by Crippen LogP contribution is -2.28. The van der Waals surface area contributed by atoms with E-state index in [2.05, 4.69) is 284 Å². The molecule has 0 N–H and O–H groups in total. The van der Waals surface area contributed by atoms with Crippen molar-refractivity contribution in [1.82, 2.24) is 4.98 Å². The highest BCUT2D eigenvalue weighted by molar-refractivity contribution is 5.94. The van der Waals surface area contributed by atoms with Crippen molar-refractivity contribution in [1.29, 1.82) is 0 Å². The monoisotopic (exact) mass is 890 g/mol. The normalized spacial score (nSPS) is 12.4. The summed E-state index contributed by atoms with van der Waals surface area (Å²) in [4.78, 5) is 7.79. The molecule has 1 aliphatic rings. The van der Waals surface area contributed by atoms with Gasteiger partial charge in [0.05, 0.1) is 16.6 Å². The first-order valence-electron chi connectivity index (χ1n) is 24.1. The van der Waals surface area contributed by atoms with Gasteiger partial charge in [0.1, 0.15) is 0 Å². The molecule has 0 fully saturated rings. The van der Waals surface area contributed by atoms with Crippen molar-refractivity contribution in [2.45, 2.75) is 5.41 Å². The average Bonchev–Trinajstić information content (AvgIpc) is 3.74. The van der Waals surface area contributed by atoms with Crippen molar-refractivity contribution >= 4 is 38.7 Å². The Bertz CT molecular complexity index is 3800. The van der Waals surface area contributed by atoms with Crippen LogP contribution in [-0.2, 0) is 5.41 Å². The van der Waals surface area contributed by atoms with E-state index in [0.717, 1.165) is 50.3 Å². The smallest absolute Gasteiger partial charge is 0.0788 e. The molecule has 0 saturated heterocycles. The number of rotatable bonds is 9. The molecule has 1 heterocycles. The summed E-state index contributed by atoms with van der Waals surface area (Å²) in [6, 6.07) is 102. The second kappa shape index (κ2) is 17.2. The first kappa shape index (κ1) is 41.1. The summed E-state index contributed by atoms with van der Waals surface area (Å²) in [5, 5.41) is 3.60. The zero-order valence-corrected chi connectivity index (χ0v) is 38.5. The highest BCUT2D eigenvalue weighted by Gasteiger charge is 2.46.